The fraction of sp³-hybridized carbons (Fsp3) is 0.300. The molecule has 0 spiro atoms. The average molecular weight is 341 g/mol. The Morgan fingerprint density at radius 3 is 2.40 bits per heavy atom. The van der Waals surface area contributed by atoms with Gasteiger partial charge in [-0.1, -0.05) is 25.5 Å². The summed E-state index contributed by atoms with van der Waals surface area (Å²) in [5.74, 6) is -0.0670. The van der Waals surface area contributed by atoms with Crippen LogP contribution in [-0.4, -0.2) is 25.1 Å². The van der Waals surface area contributed by atoms with Crippen molar-refractivity contribution < 1.29 is 19.1 Å². The Kier molecular flexibility index (Phi) is 7.01. The van der Waals surface area contributed by atoms with Crippen LogP contribution >= 0.6 is 0 Å². The number of amides is 1. The van der Waals surface area contributed by atoms with Gasteiger partial charge in [-0.25, -0.2) is 4.79 Å². The van der Waals surface area contributed by atoms with Crippen LogP contribution < -0.4 is 10.1 Å². The van der Waals surface area contributed by atoms with Crippen LogP contribution in [-0.2, 0) is 4.74 Å². The lowest BCUT2D eigenvalue weighted by Crippen LogP contribution is -2.14. The van der Waals surface area contributed by atoms with Crippen LogP contribution in [0.3, 0.4) is 0 Å². The van der Waals surface area contributed by atoms with Crippen LogP contribution in [0.4, 0.5) is 5.69 Å². The first-order valence-electron chi connectivity index (χ1n) is 8.46. The smallest absolute Gasteiger partial charge is 0.338 e. The maximum Gasteiger partial charge on any atom is 0.338 e. The van der Waals surface area contributed by atoms with Crippen molar-refractivity contribution >= 4 is 17.6 Å². The molecule has 0 atom stereocenters. The lowest BCUT2D eigenvalue weighted by Gasteiger charge is -2.11. The van der Waals surface area contributed by atoms with E-state index in [9.17, 15) is 9.59 Å². The van der Waals surface area contributed by atoms with Crippen LogP contribution in [0.5, 0.6) is 5.75 Å². The fourth-order valence-electron chi connectivity index (χ4n) is 2.21. The number of carbonyl (C=O) groups excluding carboxylic acids is 2. The van der Waals surface area contributed by atoms with E-state index in [0.29, 0.717) is 35.8 Å². The number of esters is 1. The van der Waals surface area contributed by atoms with Gasteiger partial charge in [0.2, 0.25) is 0 Å². The summed E-state index contributed by atoms with van der Waals surface area (Å²) >= 11 is 0. The Morgan fingerprint density at radius 2 is 1.72 bits per heavy atom. The van der Waals surface area contributed by atoms with E-state index in [0.717, 1.165) is 12.8 Å². The first-order valence-corrected chi connectivity index (χ1v) is 8.46. The van der Waals surface area contributed by atoms with Crippen molar-refractivity contribution in [3.8, 4) is 5.75 Å². The third-order valence-corrected chi connectivity index (χ3v) is 3.54. The molecule has 2 rings (SSSR count). The molecule has 1 amide bonds. The number of hydrogen-bond donors (Lipinski definition) is 1. The van der Waals surface area contributed by atoms with Gasteiger partial charge in [-0.2, -0.15) is 0 Å². The fourth-order valence-corrected chi connectivity index (χ4v) is 2.21. The molecule has 25 heavy (non-hydrogen) atoms. The van der Waals surface area contributed by atoms with Crippen LogP contribution in [0.1, 0.15) is 47.4 Å². The maximum absolute atomic E-state index is 12.5. The third-order valence-electron chi connectivity index (χ3n) is 3.54. The van der Waals surface area contributed by atoms with Crippen molar-refractivity contribution in [1.82, 2.24) is 0 Å². The summed E-state index contributed by atoms with van der Waals surface area (Å²) in [6, 6.07) is 13.7. The predicted molar refractivity (Wildman–Crippen MR) is 97.2 cm³/mol. The predicted octanol–water partition coefficient (Wildman–Crippen LogP) is 4.29. The molecule has 0 aliphatic rings. The van der Waals surface area contributed by atoms with Crippen molar-refractivity contribution in [1.29, 1.82) is 0 Å². The molecule has 5 heteroatoms. The van der Waals surface area contributed by atoms with E-state index in [1.54, 1.807) is 49.4 Å². The Bertz CT molecular complexity index is 710. The summed E-state index contributed by atoms with van der Waals surface area (Å²) in [5.41, 5.74) is 1.53. The van der Waals surface area contributed by atoms with Crippen molar-refractivity contribution in [3.05, 3.63) is 59.7 Å². The lowest BCUT2D eigenvalue weighted by atomic mass is 10.1. The topological polar surface area (TPSA) is 64.6 Å². The number of anilines is 1. The van der Waals surface area contributed by atoms with Gasteiger partial charge in [-0.3, -0.25) is 4.79 Å². The zero-order valence-electron chi connectivity index (χ0n) is 14.6. The van der Waals surface area contributed by atoms with Gasteiger partial charge < -0.3 is 14.8 Å². The van der Waals surface area contributed by atoms with E-state index in [4.69, 9.17) is 9.47 Å². The normalized spacial score (nSPS) is 10.2. The number of benzene rings is 2. The number of hydrogen-bond acceptors (Lipinski definition) is 4. The van der Waals surface area contributed by atoms with Gasteiger partial charge in [0.15, 0.2) is 0 Å². The highest BCUT2D eigenvalue weighted by atomic mass is 16.5. The number of nitrogens with one attached hydrogen (secondary N) is 1. The van der Waals surface area contributed by atoms with E-state index >= 15 is 0 Å². The summed E-state index contributed by atoms with van der Waals surface area (Å²) in [5, 5.41) is 2.82. The molecule has 0 radical (unpaired) electrons. The van der Waals surface area contributed by atoms with Gasteiger partial charge in [0.05, 0.1) is 24.3 Å². The molecule has 5 nitrogen and oxygen atoms in total. The molecule has 1 N–H and O–H groups in total. The number of para-hydroxylation sites is 1. The van der Waals surface area contributed by atoms with Gasteiger partial charge in [-0.05, 0) is 49.7 Å². The van der Waals surface area contributed by atoms with Crippen LogP contribution in [0.2, 0.25) is 0 Å². The summed E-state index contributed by atoms with van der Waals surface area (Å²) < 4.78 is 10.6. The molecule has 0 unspecified atom stereocenters. The van der Waals surface area contributed by atoms with Gasteiger partial charge in [-0.15, -0.1) is 0 Å². The standard InChI is InChI=1S/C20H23NO4/c1-3-5-14-25-18-9-7-6-8-17(18)19(22)21-16-12-10-15(11-13-16)20(23)24-4-2/h6-13H,3-5,14H2,1-2H3,(H,21,22). The number of carbonyl (C=O) groups is 2. The zero-order valence-corrected chi connectivity index (χ0v) is 14.6. The van der Waals surface area contributed by atoms with Crippen LogP contribution in [0.15, 0.2) is 48.5 Å². The van der Waals surface area contributed by atoms with Crippen molar-refractivity contribution in [3.63, 3.8) is 0 Å². The molecule has 0 aliphatic heterocycles. The quantitative estimate of drug-likeness (QED) is 0.574. The zero-order chi connectivity index (χ0) is 18.1. The van der Waals surface area contributed by atoms with E-state index in [1.807, 2.05) is 6.07 Å². The monoisotopic (exact) mass is 341 g/mol. The molecule has 0 bridgehead atoms. The number of ether oxygens (including phenoxy) is 2. The Morgan fingerprint density at radius 1 is 1.00 bits per heavy atom. The average Bonchev–Trinajstić information content (AvgIpc) is 2.63. The van der Waals surface area contributed by atoms with Crippen LogP contribution in [0.25, 0.3) is 0 Å². The van der Waals surface area contributed by atoms with Crippen molar-refractivity contribution in [2.24, 2.45) is 0 Å². The van der Waals surface area contributed by atoms with Gasteiger partial charge in [0, 0.05) is 5.69 Å². The molecule has 0 aliphatic carbocycles. The maximum atomic E-state index is 12.5. The van der Waals surface area contributed by atoms with Crippen LogP contribution in [0, 0.1) is 0 Å². The van der Waals surface area contributed by atoms with Gasteiger partial charge >= 0.3 is 5.97 Å². The second-order valence-electron chi connectivity index (χ2n) is 5.45. The van der Waals surface area contributed by atoms with Gasteiger partial charge in [0.25, 0.3) is 5.91 Å². The Hall–Kier alpha value is -2.82. The molecule has 0 saturated carbocycles. The van der Waals surface area contributed by atoms with E-state index in [-0.39, 0.29) is 11.9 Å². The molecular weight excluding hydrogens is 318 g/mol. The van der Waals surface area contributed by atoms with Crippen molar-refractivity contribution in [2.45, 2.75) is 26.7 Å². The SMILES string of the molecule is CCCCOc1ccccc1C(=O)Nc1ccc(C(=O)OCC)cc1. The number of unbranched alkanes of at least 4 members (excludes halogenated alkanes) is 1. The summed E-state index contributed by atoms with van der Waals surface area (Å²) in [7, 11) is 0. The Balaban J connectivity index is 2.05. The summed E-state index contributed by atoms with van der Waals surface area (Å²) in [4.78, 5) is 24.1. The second-order valence-corrected chi connectivity index (χ2v) is 5.45. The Labute approximate surface area is 148 Å². The molecule has 0 aromatic heterocycles. The summed E-state index contributed by atoms with van der Waals surface area (Å²) in [6.07, 6.45) is 1.96. The third kappa shape index (κ3) is 5.35. The molecule has 0 heterocycles. The number of rotatable bonds is 8. The summed E-state index contributed by atoms with van der Waals surface area (Å²) in [6.45, 7) is 4.75. The largest absolute Gasteiger partial charge is 0.493 e. The minimum atomic E-state index is -0.380. The van der Waals surface area contributed by atoms with E-state index in [1.165, 1.54) is 0 Å². The minimum absolute atomic E-state index is 0.254. The minimum Gasteiger partial charge on any atom is -0.493 e. The van der Waals surface area contributed by atoms with Gasteiger partial charge in [0.1, 0.15) is 5.75 Å². The molecule has 2 aromatic rings. The highest BCUT2D eigenvalue weighted by Crippen LogP contribution is 2.20. The van der Waals surface area contributed by atoms with E-state index < -0.39 is 0 Å². The molecule has 0 saturated heterocycles. The lowest BCUT2D eigenvalue weighted by molar-refractivity contribution is 0.0526. The highest BCUT2D eigenvalue weighted by Gasteiger charge is 2.13. The molecular formula is C20H23NO4. The first-order chi connectivity index (χ1) is 12.2. The van der Waals surface area contributed by atoms with Crippen molar-refractivity contribution in [2.75, 3.05) is 18.5 Å². The molecule has 0 fully saturated rings. The first kappa shape index (κ1) is 18.5. The second kappa shape index (κ2) is 9.47. The highest BCUT2D eigenvalue weighted by molar-refractivity contribution is 6.06. The molecule has 2 aromatic carbocycles. The van der Waals surface area contributed by atoms with E-state index in [2.05, 4.69) is 12.2 Å². The molecule has 132 valence electrons.